The maximum atomic E-state index is 12.9. The van der Waals surface area contributed by atoms with Crippen LogP contribution in [0, 0.1) is 0 Å². The van der Waals surface area contributed by atoms with Crippen molar-refractivity contribution in [3.8, 4) is 0 Å². The standard InChI is InChI=1S/C24H24N2O5S/c1-3-31-24(28)15-10-18-8-12-21(13-9-18)25-23(27)17-26(2)32(29,30)22-14-11-19-6-4-5-7-20(19)16-22/h4-16H,3,17H2,1-2H3,(H,25,27)/b15-10+. The molecule has 0 heterocycles. The van der Waals surface area contributed by atoms with E-state index in [1.807, 2.05) is 24.3 Å². The number of carbonyl (C=O) groups is 2. The van der Waals surface area contributed by atoms with Gasteiger partial charge in [0.2, 0.25) is 15.9 Å². The summed E-state index contributed by atoms with van der Waals surface area (Å²) in [7, 11) is -2.46. The number of hydrogen-bond donors (Lipinski definition) is 1. The van der Waals surface area contributed by atoms with Crippen LogP contribution in [0.3, 0.4) is 0 Å². The Morgan fingerprint density at radius 1 is 1.00 bits per heavy atom. The van der Waals surface area contributed by atoms with E-state index in [0.29, 0.717) is 12.3 Å². The molecule has 0 aliphatic carbocycles. The average Bonchev–Trinajstić information content (AvgIpc) is 2.78. The number of esters is 1. The van der Waals surface area contributed by atoms with Crippen molar-refractivity contribution in [2.75, 3.05) is 25.5 Å². The minimum absolute atomic E-state index is 0.129. The van der Waals surface area contributed by atoms with Gasteiger partial charge in [0, 0.05) is 18.8 Å². The number of nitrogens with one attached hydrogen (secondary N) is 1. The highest BCUT2D eigenvalue weighted by Crippen LogP contribution is 2.21. The summed E-state index contributed by atoms with van der Waals surface area (Å²) in [4.78, 5) is 23.9. The second kappa shape index (κ2) is 10.2. The van der Waals surface area contributed by atoms with Gasteiger partial charge in [-0.25, -0.2) is 13.2 Å². The molecule has 0 unspecified atom stereocenters. The summed E-state index contributed by atoms with van der Waals surface area (Å²) in [5.74, 6) is -0.896. The van der Waals surface area contributed by atoms with Crippen molar-refractivity contribution >= 4 is 44.4 Å². The molecule has 0 saturated carbocycles. The van der Waals surface area contributed by atoms with E-state index < -0.39 is 21.9 Å². The van der Waals surface area contributed by atoms with Crippen molar-refractivity contribution in [1.29, 1.82) is 0 Å². The molecule has 0 radical (unpaired) electrons. The van der Waals surface area contributed by atoms with Crippen LogP contribution in [-0.2, 0) is 24.3 Å². The molecule has 0 spiro atoms. The summed E-state index contributed by atoms with van der Waals surface area (Å²) in [5.41, 5.74) is 1.27. The molecule has 0 aliphatic heterocycles. The van der Waals surface area contributed by atoms with Gasteiger partial charge >= 0.3 is 5.97 Å². The van der Waals surface area contributed by atoms with E-state index >= 15 is 0 Å². The number of likely N-dealkylation sites (N-methyl/N-ethyl adjacent to an activating group) is 1. The van der Waals surface area contributed by atoms with Gasteiger partial charge in [0.15, 0.2) is 0 Å². The lowest BCUT2D eigenvalue weighted by atomic mass is 10.1. The summed E-state index contributed by atoms with van der Waals surface area (Å²) in [6.07, 6.45) is 2.93. The minimum atomic E-state index is -3.83. The predicted molar refractivity (Wildman–Crippen MR) is 125 cm³/mol. The second-order valence-corrected chi connectivity index (χ2v) is 9.07. The van der Waals surface area contributed by atoms with Gasteiger partial charge in [0.25, 0.3) is 0 Å². The number of rotatable bonds is 8. The van der Waals surface area contributed by atoms with Crippen molar-refractivity contribution in [2.45, 2.75) is 11.8 Å². The van der Waals surface area contributed by atoms with Crippen molar-refractivity contribution in [3.63, 3.8) is 0 Å². The quantitative estimate of drug-likeness (QED) is 0.416. The van der Waals surface area contributed by atoms with Crippen molar-refractivity contribution in [3.05, 3.63) is 78.4 Å². The molecule has 0 atom stereocenters. The molecule has 3 rings (SSSR count). The lowest BCUT2D eigenvalue weighted by Crippen LogP contribution is -2.34. The molecule has 166 valence electrons. The van der Waals surface area contributed by atoms with Gasteiger partial charge in [-0.15, -0.1) is 0 Å². The molecule has 0 aromatic heterocycles. The van der Waals surface area contributed by atoms with Crippen LogP contribution >= 0.6 is 0 Å². The highest BCUT2D eigenvalue weighted by atomic mass is 32.2. The number of benzene rings is 3. The van der Waals surface area contributed by atoms with Crippen molar-refractivity contribution in [2.24, 2.45) is 0 Å². The third-order valence-corrected chi connectivity index (χ3v) is 6.49. The van der Waals surface area contributed by atoms with Gasteiger partial charge < -0.3 is 10.1 Å². The largest absolute Gasteiger partial charge is 0.463 e. The van der Waals surface area contributed by atoms with Crippen LogP contribution in [0.4, 0.5) is 5.69 Å². The van der Waals surface area contributed by atoms with Gasteiger partial charge in [-0.05, 0) is 53.6 Å². The first-order valence-electron chi connectivity index (χ1n) is 9.99. The van der Waals surface area contributed by atoms with Crippen LogP contribution in [0.15, 0.2) is 77.7 Å². The number of fused-ring (bicyclic) bond motifs is 1. The van der Waals surface area contributed by atoms with Crippen LogP contribution in [-0.4, -0.2) is 44.8 Å². The lowest BCUT2D eigenvalue weighted by Gasteiger charge is -2.17. The Bertz CT molecular complexity index is 1250. The topological polar surface area (TPSA) is 92.8 Å². The number of amides is 1. The smallest absolute Gasteiger partial charge is 0.330 e. The summed E-state index contributed by atoms with van der Waals surface area (Å²) < 4.78 is 31.6. The molecule has 0 aliphatic rings. The molecule has 32 heavy (non-hydrogen) atoms. The summed E-state index contributed by atoms with van der Waals surface area (Å²) >= 11 is 0. The zero-order valence-corrected chi connectivity index (χ0v) is 18.6. The Labute approximate surface area is 187 Å². The molecule has 1 N–H and O–H groups in total. The van der Waals surface area contributed by atoms with E-state index in [4.69, 9.17) is 4.74 Å². The molecule has 1 amide bonds. The summed E-state index contributed by atoms with van der Waals surface area (Å²) in [5, 5.41) is 4.42. The van der Waals surface area contributed by atoms with Crippen LogP contribution in [0.1, 0.15) is 12.5 Å². The average molecular weight is 453 g/mol. The maximum absolute atomic E-state index is 12.9. The first kappa shape index (κ1) is 23.2. The van der Waals surface area contributed by atoms with Gasteiger partial charge in [-0.1, -0.05) is 42.5 Å². The zero-order chi connectivity index (χ0) is 23.1. The van der Waals surface area contributed by atoms with E-state index in [-0.39, 0.29) is 11.4 Å². The SMILES string of the molecule is CCOC(=O)/C=C/c1ccc(NC(=O)CN(C)S(=O)(=O)c2ccc3ccccc3c2)cc1. The fraction of sp³-hybridized carbons (Fsp3) is 0.167. The predicted octanol–water partition coefficient (Wildman–Crippen LogP) is 3.68. The van der Waals surface area contributed by atoms with Gasteiger partial charge in [-0.2, -0.15) is 4.31 Å². The maximum Gasteiger partial charge on any atom is 0.330 e. The molecule has 7 nitrogen and oxygen atoms in total. The molecule has 3 aromatic carbocycles. The van der Waals surface area contributed by atoms with E-state index in [2.05, 4.69) is 5.32 Å². The number of anilines is 1. The van der Waals surface area contributed by atoms with E-state index in [1.54, 1.807) is 49.4 Å². The number of sulfonamides is 1. The second-order valence-electron chi connectivity index (χ2n) is 7.03. The monoisotopic (exact) mass is 452 g/mol. The van der Waals surface area contributed by atoms with Gasteiger partial charge in [-0.3, -0.25) is 4.79 Å². The Balaban J connectivity index is 1.62. The Morgan fingerprint density at radius 2 is 1.69 bits per heavy atom. The molecule has 8 heteroatoms. The zero-order valence-electron chi connectivity index (χ0n) is 17.8. The molecule has 0 fully saturated rings. The van der Waals surface area contributed by atoms with Crippen molar-refractivity contribution in [1.82, 2.24) is 4.31 Å². The highest BCUT2D eigenvalue weighted by molar-refractivity contribution is 7.89. The lowest BCUT2D eigenvalue weighted by molar-refractivity contribution is -0.137. The Kier molecular flexibility index (Phi) is 7.40. The molecule has 0 saturated heterocycles. The van der Waals surface area contributed by atoms with Crippen molar-refractivity contribution < 1.29 is 22.7 Å². The van der Waals surface area contributed by atoms with Crippen LogP contribution in [0.5, 0.6) is 0 Å². The van der Waals surface area contributed by atoms with Crippen LogP contribution in [0.2, 0.25) is 0 Å². The van der Waals surface area contributed by atoms with E-state index in [9.17, 15) is 18.0 Å². The van der Waals surface area contributed by atoms with Crippen LogP contribution in [0.25, 0.3) is 16.8 Å². The third kappa shape index (κ3) is 5.81. The molecule has 3 aromatic rings. The third-order valence-electron chi connectivity index (χ3n) is 4.69. The van der Waals surface area contributed by atoms with Crippen LogP contribution < -0.4 is 5.32 Å². The highest BCUT2D eigenvalue weighted by Gasteiger charge is 2.23. The first-order chi connectivity index (χ1) is 15.3. The molecular formula is C24H24N2O5S. The summed E-state index contributed by atoms with van der Waals surface area (Å²) in [6.45, 7) is 1.70. The number of nitrogens with zero attached hydrogens (tertiary/aromatic N) is 1. The Hall–Kier alpha value is -3.49. The van der Waals surface area contributed by atoms with E-state index in [0.717, 1.165) is 20.6 Å². The molecule has 0 bridgehead atoms. The number of hydrogen-bond acceptors (Lipinski definition) is 5. The first-order valence-corrected chi connectivity index (χ1v) is 11.4. The number of carbonyl (C=O) groups excluding carboxylic acids is 2. The van der Waals surface area contributed by atoms with Gasteiger partial charge in [0.1, 0.15) is 0 Å². The fourth-order valence-electron chi connectivity index (χ4n) is 3.03. The van der Waals surface area contributed by atoms with E-state index in [1.165, 1.54) is 19.2 Å². The molecular weight excluding hydrogens is 428 g/mol. The fourth-order valence-corrected chi connectivity index (χ4v) is 4.19. The number of ether oxygens (including phenoxy) is 1. The summed E-state index contributed by atoms with van der Waals surface area (Å²) in [6, 6.07) is 19.1. The normalized spacial score (nSPS) is 11.7. The minimum Gasteiger partial charge on any atom is -0.463 e. The Morgan fingerprint density at radius 3 is 2.38 bits per heavy atom. The van der Waals surface area contributed by atoms with Gasteiger partial charge in [0.05, 0.1) is 18.0 Å².